The Kier molecular flexibility index (Phi) is 6.92. The van der Waals surface area contributed by atoms with Crippen LogP contribution >= 0.6 is 0 Å². The molecule has 1 atom stereocenters. The molecule has 2 N–H and O–H groups in total. The Bertz CT molecular complexity index is 1280. The van der Waals surface area contributed by atoms with Crippen molar-refractivity contribution in [3.63, 3.8) is 0 Å². The molecule has 0 radical (unpaired) electrons. The SMILES string of the molecule is CC(C)N1CCN(CC2CCc3c(c4cc(F)ccc4n3Cc3ccc(C(=O)NO)cc3)C2=O)CC1. The molecule has 0 spiro atoms. The molecule has 1 amide bonds. The Morgan fingerprint density at radius 2 is 1.83 bits per heavy atom. The van der Waals surface area contributed by atoms with Gasteiger partial charge in [-0.3, -0.25) is 19.7 Å². The number of hydrogen-bond donors (Lipinski definition) is 2. The maximum Gasteiger partial charge on any atom is 0.274 e. The van der Waals surface area contributed by atoms with Crippen LogP contribution < -0.4 is 5.48 Å². The number of fused-ring (bicyclic) bond motifs is 3. The van der Waals surface area contributed by atoms with Gasteiger partial charge in [-0.1, -0.05) is 12.1 Å². The van der Waals surface area contributed by atoms with E-state index in [9.17, 15) is 14.0 Å². The number of carbonyl (C=O) groups is 2. The highest BCUT2D eigenvalue weighted by atomic mass is 19.1. The molecular weight excluding hydrogens is 459 g/mol. The molecule has 8 heteroatoms. The van der Waals surface area contributed by atoms with Crippen molar-refractivity contribution in [3.8, 4) is 0 Å². The number of carbonyl (C=O) groups excluding carboxylic acids is 2. The van der Waals surface area contributed by atoms with Crippen molar-refractivity contribution in [2.75, 3.05) is 32.7 Å². The highest BCUT2D eigenvalue weighted by molar-refractivity contribution is 6.11. The zero-order chi connectivity index (χ0) is 25.4. The highest BCUT2D eigenvalue weighted by Crippen LogP contribution is 2.36. The normalized spacial score (nSPS) is 19.1. The minimum absolute atomic E-state index is 0.0818. The van der Waals surface area contributed by atoms with Crippen molar-refractivity contribution >= 4 is 22.6 Å². The van der Waals surface area contributed by atoms with Gasteiger partial charge in [0, 0.05) is 79.0 Å². The van der Waals surface area contributed by atoms with Crippen LogP contribution in [0.2, 0.25) is 0 Å². The van der Waals surface area contributed by atoms with Gasteiger partial charge < -0.3 is 9.47 Å². The number of ketones is 1. The predicted octanol–water partition coefficient (Wildman–Crippen LogP) is 3.72. The Hall–Kier alpha value is -3.07. The van der Waals surface area contributed by atoms with Crippen LogP contribution in [0, 0.1) is 11.7 Å². The molecule has 1 saturated heterocycles. The molecule has 36 heavy (non-hydrogen) atoms. The molecule has 7 nitrogen and oxygen atoms in total. The fourth-order valence-electron chi connectivity index (χ4n) is 5.70. The molecule has 190 valence electrons. The lowest BCUT2D eigenvalue weighted by Crippen LogP contribution is -2.50. The third kappa shape index (κ3) is 4.68. The first-order valence-electron chi connectivity index (χ1n) is 12.7. The second-order valence-electron chi connectivity index (χ2n) is 10.2. The van der Waals surface area contributed by atoms with Crippen LogP contribution in [0.5, 0.6) is 0 Å². The predicted molar refractivity (Wildman–Crippen MR) is 136 cm³/mol. The van der Waals surface area contributed by atoms with E-state index in [2.05, 4.69) is 28.2 Å². The fraction of sp³-hybridized carbons (Fsp3) is 0.429. The van der Waals surface area contributed by atoms with Gasteiger partial charge in [0.05, 0.1) is 0 Å². The average Bonchev–Trinajstić information content (AvgIpc) is 3.19. The minimum Gasteiger partial charge on any atom is -0.339 e. The van der Waals surface area contributed by atoms with E-state index in [0.717, 1.165) is 62.3 Å². The summed E-state index contributed by atoms with van der Waals surface area (Å²) in [5, 5.41) is 9.53. The quantitative estimate of drug-likeness (QED) is 0.405. The third-order valence-corrected chi connectivity index (χ3v) is 7.75. The summed E-state index contributed by atoms with van der Waals surface area (Å²) < 4.78 is 16.4. The maximum atomic E-state index is 14.3. The summed E-state index contributed by atoms with van der Waals surface area (Å²) in [6.07, 6.45) is 1.55. The van der Waals surface area contributed by atoms with Crippen molar-refractivity contribution in [2.24, 2.45) is 5.92 Å². The Morgan fingerprint density at radius 3 is 2.50 bits per heavy atom. The monoisotopic (exact) mass is 492 g/mol. The Labute approximate surface area is 210 Å². The molecule has 2 aromatic carbocycles. The molecule has 1 aliphatic carbocycles. The van der Waals surface area contributed by atoms with E-state index < -0.39 is 5.91 Å². The molecule has 5 rings (SSSR count). The summed E-state index contributed by atoms with van der Waals surface area (Å²) >= 11 is 0. The van der Waals surface area contributed by atoms with E-state index in [1.165, 1.54) is 12.1 Å². The van der Waals surface area contributed by atoms with E-state index in [0.29, 0.717) is 29.1 Å². The first-order chi connectivity index (χ1) is 17.4. The van der Waals surface area contributed by atoms with Gasteiger partial charge >= 0.3 is 0 Å². The van der Waals surface area contributed by atoms with Crippen molar-refractivity contribution in [1.29, 1.82) is 0 Å². The molecule has 2 aliphatic rings. The highest BCUT2D eigenvalue weighted by Gasteiger charge is 2.34. The van der Waals surface area contributed by atoms with Crippen LogP contribution in [0.1, 0.15) is 52.2 Å². The number of hydrogen-bond acceptors (Lipinski definition) is 5. The summed E-state index contributed by atoms with van der Waals surface area (Å²) in [6, 6.07) is 12.2. The van der Waals surface area contributed by atoms with Crippen molar-refractivity contribution in [1.82, 2.24) is 19.8 Å². The first kappa shape index (κ1) is 24.6. The van der Waals surface area contributed by atoms with Gasteiger partial charge in [-0.25, -0.2) is 9.87 Å². The van der Waals surface area contributed by atoms with Crippen molar-refractivity contribution in [2.45, 2.75) is 39.3 Å². The number of halogens is 1. The van der Waals surface area contributed by atoms with Gasteiger partial charge in [0.25, 0.3) is 5.91 Å². The van der Waals surface area contributed by atoms with E-state index in [1.54, 1.807) is 23.7 Å². The second-order valence-corrected chi connectivity index (χ2v) is 10.2. The fourth-order valence-corrected chi connectivity index (χ4v) is 5.70. The number of rotatable bonds is 6. The number of hydroxylamine groups is 1. The lowest BCUT2D eigenvalue weighted by molar-refractivity contribution is 0.0706. The number of nitrogens with zero attached hydrogens (tertiary/aromatic N) is 3. The van der Waals surface area contributed by atoms with Crippen LogP contribution in [0.4, 0.5) is 4.39 Å². The van der Waals surface area contributed by atoms with Crippen LogP contribution in [-0.4, -0.2) is 70.0 Å². The Balaban J connectivity index is 1.41. The first-order valence-corrected chi connectivity index (χ1v) is 12.7. The molecule has 1 aliphatic heterocycles. The van der Waals surface area contributed by atoms with Gasteiger partial charge in [0.1, 0.15) is 5.82 Å². The Morgan fingerprint density at radius 1 is 1.11 bits per heavy atom. The smallest absolute Gasteiger partial charge is 0.274 e. The number of nitrogens with one attached hydrogen (secondary N) is 1. The van der Waals surface area contributed by atoms with Gasteiger partial charge in [-0.2, -0.15) is 0 Å². The summed E-state index contributed by atoms with van der Waals surface area (Å²) in [6.45, 7) is 9.67. The molecule has 1 unspecified atom stereocenters. The van der Waals surface area contributed by atoms with E-state index in [-0.39, 0.29) is 17.5 Å². The van der Waals surface area contributed by atoms with Gasteiger partial charge in [-0.15, -0.1) is 0 Å². The molecule has 0 saturated carbocycles. The van der Waals surface area contributed by atoms with Crippen LogP contribution in [-0.2, 0) is 13.0 Å². The largest absolute Gasteiger partial charge is 0.339 e. The van der Waals surface area contributed by atoms with Crippen LogP contribution in [0.15, 0.2) is 42.5 Å². The molecule has 1 fully saturated rings. The molecule has 1 aromatic heterocycles. The average molecular weight is 493 g/mol. The number of benzene rings is 2. The summed E-state index contributed by atoms with van der Waals surface area (Å²) in [4.78, 5) is 30.3. The number of amides is 1. The van der Waals surface area contributed by atoms with Crippen molar-refractivity contribution in [3.05, 3.63) is 70.7 Å². The molecule has 3 aromatic rings. The van der Waals surface area contributed by atoms with Gasteiger partial charge in [0.2, 0.25) is 0 Å². The zero-order valence-electron chi connectivity index (χ0n) is 20.8. The van der Waals surface area contributed by atoms with Gasteiger partial charge in [0.15, 0.2) is 5.78 Å². The van der Waals surface area contributed by atoms with Crippen molar-refractivity contribution < 1.29 is 19.2 Å². The minimum atomic E-state index is -0.567. The van der Waals surface area contributed by atoms with E-state index >= 15 is 0 Å². The second kappa shape index (κ2) is 10.1. The summed E-state index contributed by atoms with van der Waals surface area (Å²) in [7, 11) is 0. The van der Waals surface area contributed by atoms with E-state index in [1.807, 2.05) is 12.1 Å². The standard InChI is InChI=1S/C28H33FN4O3/c1-18(2)32-13-11-31(12-14-32)17-21-7-9-25-26(27(21)34)23-15-22(29)8-10-24(23)33(25)16-19-3-5-20(6-4-19)28(35)30-36/h3-6,8,10,15,18,21,36H,7,9,11-14,16-17H2,1-2H3,(H,30,35). The number of Topliss-reactive ketones (excluding diaryl/α,β-unsaturated/α-hetero) is 1. The molecular formula is C28H33FN4O3. The zero-order valence-corrected chi connectivity index (χ0v) is 20.8. The molecule has 2 heterocycles. The lowest BCUT2D eigenvalue weighted by Gasteiger charge is -2.38. The number of piperazine rings is 1. The van der Waals surface area contributed by atoms with Crippen LogP contribution in [0.25, 0.3) is 10.9 Å². The lowest BCUT2D eigenvalue weighted by atomic mass is 9.84. The summed E-state index contributed by atoms with van der Waals surface area (Å²) in [5.41, 5.74) is 5.41. The third-order valence-electron chi connectivity index (χ3n) is 7.75. The van der Waals surface area contributed by atoms with E-state index in [4.69, 9.17) is 5.21 Å². The number of aromatic nitrogens is 1. The summed E-state index contributed by atoms with van der Waals surface area (Å²) in [5.74, 6) is -0.877. The van der Waals surface area contributed by atoms with Crippen LogP contribution in [0.3, 0.4) is 0 Å². The maximum absolute atomic E-state index is 14.3. The van der Waals surface area contributed by atoms with Gasteiger partial charge in [-0.05, 0) is 62.6 Å². The topological polar surface area (TPSA) is 77.8 Å². The molecule has 0 bridgehead atoms.